The molecule has 110 valence electrons. The molecule has 1 N–H and O–H groups in total. The summed E-state index contributed by atoms with van der Waals surface area (Å²) in [4.78, 5) is 12.5. The first-order valence-corrected chi connectivity index (χ1v) is 7.20. The lowest BCUT2D eigenvalue weighted by Gasteiger charge is -2.10. The minimum absolute atomic E-state index is 0.0257. The Morgan fingerprint density at radius 2 is 1.95 bits per heavy atom. The summed E-state index contributed by atoms with van der Waals surface area (Å²) in [6.45, 7) is 0.782. The van der Waals surface area contributed by atoms with E-state index in [2.05, 4.69) is 5.32 Å². The molecule has 0 radical (unpaired) electrons. The molecular weight excluding hydrogens is 289 g/mol. The molecule has 0 amide bonds. The molecule has 0 heterocycles. The molecule has 0 fully saturated rings. The quantitative estimate of drug-likeness (QED) is 0.825. The maximum Gasteiger partial charge on any atom is 0.167 e. The summed E-state index contributed by atoms with van der Waals surface area (Å²) >= 11 is 5.98. The molecule has 2 aromatic carbocycles. The van der Waals surface area contributed by atoms with E-state index < -0.39 is 5.82 Å². The topological polar surface area (TPSA) is 29.1 Å². The highest BCUT2D eigenvalue weighted by Gasteiger charge is 2.15. The van der Waals surface area contributed by atoms with Crippen LogP contribution in [0.5, 0.6) is 0 Å². The third kappa shape index (κ3) is 3.90. The summed E-state index contributed by atoms with van der Waals surface area (Å²) in [6, 6.07) is 11.9. The van der Waals surface area contributed by atoms with Gasteiger partial charge in [0.1, 0.15) is 5.82 Å². The molecule has 0 spiro atoms. The molecule has 0 aliphatic rings. The number of hydrogen-bond acceptors (Lipinski definition) is 2. The number of likely N-dealkylation sites (N-methyl/N-ethyl adjacent to an activating group) is 1. The van der Waals surface area contributed by atoms with E-state index in [4.69, 9.17) is 11.6 Å². The second-order valence-electron chi connectivity index (χ2n) is 4.81. The van der Waals surface area contributed by atoms with Crippen molar-refractivity contribution in [3.63, 3.8) is 0 Å². The van der Waals surface area contributed by atoms with Crippen molar-refractivity contribution >= 4 is 17.4 Å². The normalized spacial score (nSPS) is 10.6. The highest BCUT2D eigenvalue weighted by atomic mass is 35.5. The highest BCUT2D eigenvalue weighted by Crippen LogP contribution is 2.22. The first-order chi connectivity index (χ1) is 10.1. The van der Waals surface area contributed by atoms with Gasteiger partial charge >= 0.3 is 0 Å². The summed E-state index contributed by atoms with van der Waals surface area (Å²) < 4.78 is 13.8. The number of rotatable bonds is 6. The molecule has 0 saturated carbocycles. The molecule has 0 aromatic heterocycles. The van der Waals surface area contributed by atoms with Gasteiger partial charge in [0.15, 0.2) is 5.78 Å². The number of carbonyl (C=O) groups excluding carboxylic acids is 1. The number of nitrogens with one attached hydrogen (secondary N) is 1. The summed E-state index contributed by atoms with van der Waals surface area (Å²) in [5, 5.41) is 3.35. The van der Waals surface area contributed by atoms with Gasteiger partial charge in [0.05, 0.1) is 0 Å². The van der Waals surface area contributed by atoms with Crippen molar-refractivity contribution in [3.05, 3.63) is 70.0 Å². The van der Waals surface area contributed by atoms with Crippen LogP contribution >= 0.6 is 11.6 Å². The van der Waals surface area contributed by atoms with Gasteiger partial charge in [-0.3, -0.25) is 4.79 Å². The Balaban J connectivity index is 2.25. The lowest BCUT2D eigenvalue weighted by Crippen LogP contribution is -2.14. The van der Waals surface area contributed by atoms with E-state index in [1.807, 2.05) is 25.2 Å². The summed E-state index contributed by atoms with van der Waals surface area (Å²) in [7, 11) is 1.86. The molecule has 0 aliphatic carbocycles. The van der Waals surface area contributed by atoms with Gasteiger partial charge in [0.25, 0.3) is 0 Å². The number of hydrogen-bond donors (Lipinski definition) is 1. The molecular formula is C17H17ClFNO. The molecule has 0 saturated heterocycles. The van der Waals surface area contributed by atoms with E-state index in [1.165, 1.54) is 12.1 Å². The van der Waals surface area contributed by atoms with Gasteiger partial charge in [-0.25, -0.2) is 4.39 Å². The van der Waals surface area contributed by atoms with Crippen LogP contribution in [-0.4, -0.2) is 19.4 Å². The molecule has 2 nitrogen and oxygen atoms in total. The SMILES string of the molecule is CNCCc1ccccc1C(=O)Cc1c(F)cccc1Cl. The third-order valence-electron chi connectivity index (χ3n) is 3.36. The largest absolute Gasteiger partial charge is 0.319 e. The Labute approximate surface area is 128 Å². The van der Waals surface area contributed by atoms with Crippen LogP contribution in [0.15, 0.2) is 42.5 Å². The van der Waals surface area contributed by atoms with Crippen molar-refractivity contribution in [1.29, 1.82) is 0 Å². The number of ketones is 1. The van der Waals surface area contributed by atoms with Crippen molar-refractivity contribution in [1.82, 2.24) is 5.32 Å². The van der Waals surface area contributed by atoms with Gasteiger partial charge in [0, 0.05) is 22.6 Å². The van der Waals surface area contributed by atoms with Crippen LogP contribution in [0.25, 0.3) is 0 Å². The summed E-state index contributed by atoms with van der Waals surface area (Å²) in [5.41, 5.74) is 1.85. The number of carbonyl (C=O) groups is 1. The maximum absolute atomic E-state index is 13.8. The highest BCUT2D eigenvalue weighted by molar-refractivity contribution is 6.31. The molecule has 0 bridgehead atoms. The van der Waals surface area contributed by atoms with Gasteiger partial charge in [-0.05, 0) is 37.7 Å². The Morgan fingerprint density at radius 3 is 2.67 bits per heavy atom. The van der Waals surface area contributed by atoms with Crippen molar-refractivity contribution < 1.29 is 9.18 Å². The molecule has 0 atom stereocenters. The van der Waals surface area contributed by atoms with Gasteiger partial charge < -0.3 is 5.32 Å². The number of halogens is 2. The van der Waals surface area contributed by atoms with Crippen LogP contribution in [0.4, 0.5) is 4.39 Å². The van der Waals surface area contributed by atoms with Gasteiger partial charge in [-0.15, -0.1) is 0 Å². The monoisotopic (exact) mass is 305 g/mol. The second kappa shape index (κ2) is 7.34. The zero-order chi connectivity index (χ0) is 15.2. The van der Waals surface area contributed by atoms with Gasteiger partial charge in [-0.1, -0.05) is 41.9 Å². The minimum atomic E-state index is -0.441. The Kier molecular flexibility index (Phi) is 5.48. The number of benzene rings is 2. The summed E-state index contributed by atoms with van der Waals surface area (Å²) in [5.74, 6) is -0.558. The molecule has 4 heteroatoms. The molecule has 2 rings (SSSR count). The van der Waals surface area contributed by atoms with Crippen LogP contribution in [0.3, 0.4) is 0 Å². The van der Waals surface area contributed by atoms with Crippen molar-refractivity contribution in [3.8, 4) is 0 Å². The van der Waals surface area contributed by atoms with Gasteiger partial charge in [0.2, 0.25) is 0 Å². The minimum Gasteiger partial charge on any atom is -0.319 e. The average Bonchev–Trinajstić information content (AvgIpc) is 2.49. The van der Waals surface area contributed by atoms with Crippen molar-refractivity contribution in [2.75, 3.05) is 13.6 Å². The smallest absolute Gasteiger partial charge is 0.167 e. The van der Waals surface area contributed by atoms with E-state index >= 15 is 0 Å². The third-order valence-corrected chi connectivity index (χ3v) is 3.72. The Bertz CT molecular complexity index is 622. The fourth-order valence-corrected chi connectivity index (χ4v) is 2.46. The summed E-state index contributed by atoms with van der Waals surface area (Å²) in [6.07, 6.45) is 0.728. The van der Waals surface area contributed by atoms with Gasteiger partial charge in [-0.2, -0.15) is 0 Å². The fourth-order valence-electron chi connectivity index (χ4n) is 2.23. The van der Waals surface area contributed by atoms with E-state index in [9.17, 15) is 9.18 Å². The van der Waals surface area contributed by atoms with E-state index in [0.717, 1.165) is 18.5 Å². The standard InChI is InChI=1S/C17H17ClFNO/c1-20-10-9-12-5-2-3-6-13(12)17(21)11-14-15(18)7-4-8-16(14)19/h2-8,20H,9-11H2,1H3. The predicted octanol–water partition coefficient (Wildman–Crippen LogP) is 3.67. The second-order valence-corrected chi connectivity index (χ2v) is 5.22. The molecule has 21 heavy (non-hydrogen) atoms. The van der Waals surface area contributed by atoms with Crippen LogP contribution in [0.2, 0.25) is 5.02 Å². The van der Waals surface area contributed by atoms with E-state index in [-0.39, 0.29) is 22.8 Å². The maximum atomic E-state index is 13.8. The van der Waals surface area contributed by atoms with E-state index in [0.29, 0.717) is 5.56 Å². The zero-order valence-electron chi connectivity index (χ0n) is 11.8. The Hall–Kier alpha value is -1.71. The fraction of sp³-hybridized carbons (Fsp3) is 0.235. The molecule has 0 aliphatic heterocycles. The first kappa shape index (κ1) is 15.7. The molecule has 2 aromatic rings. The first-order valence-electron chi connectivity index (χ1n) is 6.82. The molecule has 0 unspecified atom stereocenters. The van der Waals surface area contributed by atoms with Crippen LogP contribution in [0, 0.1) is 5.82 Å². The lowest BCUT2D eigenvalue weighted by atomic mass is 9.96. The van der Waals surface area contributed by atoms with E-state index in [1.54, 1.807) is 12.1 Å². The predicted molar refractivity (Wildman–Crippen MR) is 83.5 cm³/mol. The average molecular weight is 306 g/mol. The van der Waals surface area contributed by atoms with Crippen molar-refractivity contribution in [2.45, 2.75) is 12.8 Å². The number of Topliss-reactive ketones (excluding diaryl/α,β-unsaturated/α-hetero) is 1. The van der Waals surface area contributed by atoms with Crippen molar-refractivity contribution in [2.24, 2.45) is 0 Å². The lowest BCUT2D eigenvalue weighted by molar-refractivity contribution is 0.0991. The van der Waals surface area contributed by atoms with Crippen LogP contribution in [-0.2, 0) is 12.8 Å². The zero-order valence-corrected chi connectivity index (χ0v) is 12.6. The Morgan fingerprint density at radius 1 is 1.19 bits per heavy atom. The van der Waals surface area contributed by atoms with Crippen LogP contribution < -0.4 is 5.32 Å². The van der Waals surface area contributed by atoms with Crippen LogP contribution in [0.1, 0.15) is 21.5 Å².